The molecule has 0 amide bonds. The zero-order chi connectivity index (χ0) is 16.3. The second kappa shape index (κ2) is 6.73. The molecule has 2 nitrogen and oxygen atoms in total. The molecule has 1 unspecified atom stereocenters. The molecule has 0 saturated heterocycles. The summed E-state index contributed by atoms with van der Waals surface area (Å²) in [6.07, 6.45) is 0.335. The van der Waals surface area contributed by atoms with Crippen LogP contribution in [0.4, 0.5) is 0 Å². The number of carbonyl (C=O) groups is 1. The lowest BCUT2D eigenvalue weighted by Gasteiger charge is -2.09. The number of benzene rings is 2. The molecule has 2 rings (SSSR count). The SMILES string of the molecule is Cc1ccccc1C(=O)c1ccccc1[P+](=O)CC(C)(C)Cl. The summed E-state index contributed by atoms with van der Waals surface area (Å²) in [6.45, 7) is 5.55. The summed E-state index contributed by atoms with van der Waals surface area (Å²) in [5.41, 5.74) is 2.05. The van der Waals surface area contributed by atoms with E-state index in [2.05, 4.69) is 0 Å². The van der Waals surface area contributed by atoms with Crippen molar-refractivity contribution in [3.8, 4) is 0 Å². The van der Waals surface area contributed by atoms with E-state index in [9.17, 15) is 9.36 Å². The highest BCUT2D eigenvalue weighted by Crippen LogP contribution is 2.31. The molecule has 0 aliphatic heterocycles. The van der Waals surface area contributed by atoms with Crippen LogP contribution in [0.2, 0.25) is 0 Å². The van der Waals surface area contributed by atoms with E-state index in [0.29, 0.717) is 22.6 Å². The van der Waals surface area contributed by atoms with Gasteiger partial charge in [-0.05, 0) is 38.5 Å². The van der Waals surface area contributed by atoms with Crippen molar-refractivity contribution in [2.24, 2.45) is 0 Å². The van der Waals surface area contributed by atoms with Crippen molar-refractivity contribution in [1.82, 2.24) is 0 Å². The fourth-order valence-electron chi connectivity index (χ4n) is 2.28. The van der Waals surface area contributed by atoms with Crippen LogP contribution in [0.3, 0.4) is 0 Å². The molecular formula is C18H19ClO2P+. The van der Waals surface area contributed by atoms with E-state index in [-0.39, 0.29) is 5.78 Å². The van der Waals surface area contributed by atoms with E-state index in [4.69, 9.17) is 11.6 Å². The summed E-state index contributed by atoms with van der Waals surface area (Å²) in [4.78, 5) is 12.2. The molecule has 2 aromatic carbocycles. The van der Waals surface area contributed by atoms with Crippen molar-refractivity contribution in [3.63, 3.8) is 0 Å². The molecule has 1 atom stereocenters. The highest BCUT2D eigenvalue weighted by Gasteiger charge is 2.33. The Morgan fingerprint density at radius 2 is 1.59 bits per heavy atom. The minimum absolute atomic E-state index is 0.0931. The fraction of sp³-hybridized carbons (Fsp3) is 0.278. The van der Waals surface area contributed by atoms with Crippen LogP contribution in [0.25, 0.3) is 0 Å². The van der Waals surface area contributed by atoms with Gasteiger partial charge in [0.25, 0.3) is 0 Å². The Hall–Kier alpha value is -1.50. The van der Waals surface area contributed by atoms with Gasteiger partial charge in [0.15, 0.2) is 11.9 Å². The van der Waals surface area contributed by atoms with Gasteiger partial charge in [-0.15, -0.1) is 11.6 Å². The number of aryl methyl sites for hydroxylation is 1. The highest BCUT2D eigenvalue weighted by molar-refractivity contribution is 7.53. The Morgan fingerprint density at radius 3 is 2.18 bits per heavy atom. The minimum Gasteiger partial charge on any atom is -0.288 e. The van der Waals surface area contributed by atoms with Gasteiger partial charge in [0.1, 0.15) is 0 Å². The summed E-state index contributed by atoms with van der Waals surface area (Å²) in [5.74, 6) is -0.0931. The zero-order valence-corrected chi connectivity index (χ0v) is 14.6. The smallest absolute Gasteiger partial charge is 0.288 e. The van der Waals surface area contributed by atoms with Gasteiger partial charge in [0, 0.05) is 5.56 Å². The third-order valence-corrected chi connectivity index (χ3v) is 5.65. The van der Waals surface area contributed by atoms with Crippen LogP contribution >= 0.6 is 19.4 Å². The lowest BCUT2D eigenvalue weighted by molar-refractivity contribution is 0.103. The molecule has 0 radical (unpaired) electrons. The van der Waals surface area contributed by atoms with E-state index < -0.39 is 12.7 Å². The molecule has 0 heterocycles. The molecule has 0 spiro atoms. The number of ketones is 1. The molecule has 0 aliphatic carbocycles. The maximum absolute atomic E-state index is 12.8. The highest BCUT2D eigenvalue weighted by atomic mass is 35.5. The van der Waals surface area contributed by atoms with Crippen molar-refractivity contribution >= 4 is 30.5 Å². The Bertz CT molecular complexity index is 717. The Balaban J connectivity index is 2.43. The lowest BCUT2D eigenvalue weighted by atomic mass is 9.99. The van der Waals surface area contributed by atoms with Crippen LogP contribution in [-0.2, 0) is 4.57 Å². The average molecular weight is 334 g/mol. The first kappa shape index (κ1) is 16.9. The van der Waals surface area contributed by atoms with Crippen molar-refractivity contribution < 1.29 is 9.36 Å². The van der Waals surface area contributed by atoms with Gasteiger partial charge in [-0.25, -0.2) is 0 Å². The predicted molar refractivity (Wildman–Crippen MR) is 93.1 cm³/mol. The van der Waals surface area contributed by atoms with Crippen LogP contribution in [-0.4, -0.2) is 16.8 Å². The Kier molecular flexibility index (Phi) is 5.16. The van der Waals surface area contributed by atoms with Gasteiger partial charge in [-0.2, -0.15) is 0 Å². The van der Waals surface area contributed by atoms with Crippen LogP contribution in [0, 0.1) is 6.92 Å². The zero-order valence-electron chi connectivity index (χ0n) is 13.0. The van der Waals surface area contributed by atoms with Crippen molar-refractivity contribution in [2.45, 2.75) is 25.6 Å². The molecule has 0 saturated carbocycles. The molecule has 0 aromatic heterocycles. The molecule has 0 N–H and O–H groups in total. The summed E-state index contributed by atoms with van der Waals surface area (Å²) in [5, 5.41) is 0.583. The largest absolute Gasteiger partial charge is 0.379 e. The lowest BCUT2D eigenvalue weighted by Crippen LogP contribution is -2.20. The van der Waals surface area contributed by atoms with Crippen molar-refractivity contribution in [1.29, 1.82) is 0 Å². The first-order chi connectivity index (χ1) is 10.3. The molecule has 0 aliphatic rings. The molecule has 0 bridgehead atoms. The van der Waals surface area contributed by atoms with Crippen molar-refractivity contribution in [2.75, 3.05) is 6.16 Å². The van der Waals surface area contributed by atoms with E-state index in [1.165, 1.54) is 0 Å². The fourth-order valence-corrected chi connectivity index (χ4v) is 4.16. The van der Waals surface area contributed by atoms with Crippen LogP contribution < -0.4 is 5.30 Å². The normalized spacial score (nSPS) is 12.1. The summed E-state index contributed by atoms with van der Waals surface area (Å²) in [6, 6.07) is 14.5. The van der Waals surface area contributed by atoms with Gasteiger partial charge in [0.05, 0.1) is 10.4 Å². The Morgan fingerprint density at radius 1 is 1.05 bits per heavy atom. The Labute approximate surface area is 137 Å². The second-order valence-corrected chi connectivity index (χ2v) is 8.49. The third kappa shape index (κ3) is 4.03. The number of rotatable bonds is 5. The summed E-state index contributed by atoms with van der Waals surface area (Å²) < 4.78 is 12.6. The molecule has 4 heteroatoms. The third-order valence-electron chi connectivity index (χ3n) is 3.33. The van der Waals surface area contributed by atoms with E-state index >= 15 is 0 Å². The first-order valence-corrected chi connectivity index (χ1v) is 8.95. The molecule has 114 valence electrons. The van der Waals surface area contributed by atoms with Gasteiger partial charge in [-0.3, -0.25) is 4.79 Å². The van der Waals surface area contributed by atoms with Crippen LogP contribution in [0.5, 0.6) is 0 Å². The number of carbonyl (C=O) groups excluding carboxylic acids is 1. The summed E-state index contributed by atoms with van der Waals surface area (Å²) >= 11 is 6.18. The predicted octanol–water partition coefficient (Wildman–Crippen LogP) is 4.70. The molecular weight excluding hydrogens is 315 g/mol. The van der Waals surface area contributed by atoms with E-state index in [0.717, 1.165) is 5.56 Å². The van der Waals surface area contributed by atoms with Gasteiger partial charge in [-0.1, -0.05) is 41.0 Å². The quantitative estimate of drug-likeness (QED) is 0.451. The number of halogens is 1. The van der Waals surface area contributed by atoms with Crippen molar-refractivity contribution in [3.05, 3.63) is 65.2 Å². The molecule has 22 heavy (non-hydrogen) atoms. The van der Waals surface area contributed by atoms with Gasteiger partial charge < -0.3 is 0 Å². The summed E-state index contributed by atoms with van der Waals surface area (Å²) in [7, 11) is -1.72. The molecule has 2 aromatic rings. The van der Waals surface area contributed by atoms with Gasteiger partial charge in [0.2, 0.25) is 5.30 Å². The van der Waals surface area contributed by atoms with E-state index in [1.807, 2.05) is 39.0 Å². The first-order valence-electron chi connectivity index (χ1n) is 7.12. The van der Waals surface area contributed by atoms with Crippen LogP contribution in [0.15, 0.2) is 48.5 Å². The maximum Gasteiger partial charge on any atom is 0.379 e. The number of alkyl halides is 1. The van der Waals surface area contributed by atoms with Gasteiger partial charge >= 0.3 is 7.80 Å². The van der Waals surface area contributed by atoms with E-state index in [1.54, 1.807) is 30.3 Å². The number of hydrogen-bond donors (Lipinski definition) is 0. The molecule has 0 fully saturated rings. The second-order valence-electron chi connectivity index (χ2n) is 5.92. The van der Waals surface area contributed by atoms with Crippen LogP contribution in [0.1, 0.15) is 35.3 Å². The average Bonchev–Trinajstić information content (AvgIpc) is 2.45. The standard InChI is InChI=1S/C18H19ClO2P/c1-13-8-4-5-9-14(13)17(20)15-10-6-7-11-16(15)22(21)12-18(2,3)19/h4-11H,12H2,1-3H3/q+1. The number of hydrogen-bond acceptors (Lipinski definition) is 2. The minimum atomic E-state index is -1.72. The maximum atomic E-state index is 12.8. The monoisotopic (exact) mass is 333 g/mol. The topological polar surface area (TPSA) is 34.1 Å².